The minimum absolute atomic E-state index is 0.0629. The second-order valence-corrected chi connectivity index (χ2v) is 5.86. The molecular weight excluding hydrogens is 264 g/mol. The van der Waals surface area contributed by atoms with Gasteiger partial charge in [-0.15, -0.1) is 0 Å². The molecule has 0 saturated heterocycles. The molecule has 0 aliphatic carbocycles. The summed E-state index contributed by atoms with van der Waals surface area (Å²) in [6.45, 7) is 6.54. The SMILES string of the molecule is CNc1ccc(OCC(=O)NC(C)CCCC(C)C)cc1. The number of nitrogens with one attached hydrogen (secondary N) is 2. The van der Waals surface area contributed by atoms with Gasteiger partial charge in [0.2, 0.25) is 0 Å². The molecule has 0 fully saturated rings. The molecule has 0 aliphatic heterocycles. The summed E-state index contributed by atoms with van der Waals surface area (Å²) >= 11 is 0. The molecule has 1 amide bonds. The topological polar surface area (TPSA) is 50.4 Å². The first-order valence-corrected chi connectivity index (χ1v) is 7.71. The van der Waals surface area contributed by atoms with Crippen molar-refractivity contribution < 1.29 is 9.53 Å². The van der Waals surface area contributed by atoms with E-state index in [4.69, 9.17) is 4.74 Å². The largest absolute Gasteiger partial charge is 0.484 e. The van der Waals surface area contributed by atoms with Crippen molar-refractivity contribution in [2.45, 2.75) is 46.1 Å². The Kier molecular flexibility index (Phi) is 7.65. The molecule has 0 heterocycles. The van der Waals surface area contributed by atoms with E-state index in [0.29, 0.717) is 5.75 Å². The quantitative estimate of drug-likeness (QED) is 0.733. The summed E-state index contributed by atoms with van der Waals surface area (Å²) in [5.74, 6) is 1.36. The molecule has 0 bridgehead atoms. The van der Waals surface area contributed by atoms with Crippen LogP contribution in [0, 0.1) is 5.92 Å². The number of carbonyl (C=O) groups is 1. The Balaban J connectivity index is 2.23. The van der Waals surface area contributed by atoms with E-state index in [1.54, 1.807) is 0 Å². The first-order valence-electron chi connectivity index (χ1n) is 7.71. The lowest BCUT2D eigenvalue weighted by Gasteiger charge is -2.15. The number of amides is 1. The zero-order valence-electron chi connectivity index (χ0n) is 13.6. The van der Waals surface area contributed by atoms with Crippen molar-refractivity contribution in [1.29, 1.82) is 0 Å². The predicted octanol–water partition coefficient (Wildman–Crippen LogP) is 3.44. The summed E-state index contributed by atoms with van der Waals surface area (Å²) in [7, 11) is 1.87. The Morgan fingerprint density at radius 2 is 1.81 bits per heavy atom. The summed E-state index contributed by atoms with van der Waals surface area (Å²) in [5, 5.41) is 6.01. The van der Waals surface area contributed by atoms with E-state index in [1.807, 2.05) is 38.2 Å². The molecule has 118 valence electrons. The highest BCUT2D eigenvalue weighted by atomic mass is 16.5. The molecule has 2 N–H and O–H groups in total. The van der Waals surface area contributed by atoms with Gasteiger partial charge in [0.25, 0.3) is 5.91 Å². The lowest BCUT2D eigenvalue weighted by atomic mass is 10.0. The van der Waals surface area contributed by atoms with Gasteiger partial charge in [-0.2, -0.15) is 0 Å². The van der Waals surface area contributed by atoms with Crippen LogP contribution in [0.2, 0.25) is 0 Å². The molecule has 0 aromatic heterocycles. The smallest absolute Gasteiger partial charge is 0.258 e. The Bertz CT molecular complexity index is 415. The van der Waals surface area contributed by atoms with E-state index < -0.39 is 0 Å². The zero-order chi connectivity index (χ0) is 15.7. The number of ether oxygens (including phenoxy) is 1. The average Bonchev–Trinajstić information content (AvgIpc) is 2.45. The van der Waals surface area contributed by atoms with Crippen LogP contribution in [0.25, 0.3) is 0 Å². The molecule has 0 spiro atoms. The van der Waals surface area contributed by atoms with Crippen LogP contribution in [0.4, 0.5) is 5.69 Å². The van der Waals surface area contributed by atoms with Crippen molar-refractivity contribution in [2.24, 2.45) is 5.92 Å². The summed E-state index contributed by atoms with van der Waals surface area (Å²) in [5.41, 5.74) is 1.02. The monoisotopic (exact) mass is 292 g/mol. The second-order valence-electron chi connectivity index (χ2n) is 5.86. The van der Waals surface area contributed by atoms with Gasteiger partial charge >= 0.3 is 0 Å². The maximum Gasteiger partial charge on any atom is 0.258 e. The van der Waals surface area contributed by atoms with Crippen molar-refractivity contribution in [3.8, 4) is 5.75 Å². The fourth-order valence-corrected chi connectivity index (χ4v) is 2.09. The van der Waals surface area contributed by atoms with Gasteiger partial charge < -0.3 is 15.4 Å². The molecular formula is C17H28N2O2. The maximum atomic E-state index is 11.8. The van der Waals surface area contributed by atoms with Gasteiger partial charge in [0, 0.05) is 18.8 Å². The maximum absolute atomic E-state index is 11.8. The lowest BCUT2D eigenvalue weighted by molar-refractivity contribution is -0.123. The summed E-state index contributed by atoms with van der Waals surface area (Å²) in [6.07, 6.45) is 3.36. The molecule has 0 radical (unpaired) electrons. The average molecular weight is 292 g/mol. The first kappa shape index (κ1) is 17.3. The molecule has 21 heavy (non-hydrogen) atoms. The molecule has 1 aromatic rings. The van der Waals surface area contributed by atoms with Crippen LogP contribution in [-0.2, 0) is 4.79 Å². The highest BCUT2D eigenvalue weighted by molar-refractivity contribution is 5.77. The molecule has 0 aliphatic rings. The van der Waals surface area contributed by atoms with Crippen molar-refractivity contribution in [2.75, 3.05) is 19.0 Å². The third-order valence-corrected chi connectivity index (χ3v) is 3.34. The Labute approximate surface area is 128 Å². The number of carbonyl (C=O) groups excluding carboxylic acids is 1. The molecule has 4 nitrogen and oxygen atoms in total. The van der Waals surface area contributed by atoms with E-state index in [9.17, 15) is 4.79 Å². The number of rotatable bonds is 9. The van der Waals surface area contributed by atoms with Crippen molar-refractivity contribution in [1.82, 2.24) is 5.32 Å². The van der Waals surface area contributed by atoms with Crippen molar-refractivity contribution >= 4 is 11.6 Å². The highest BCUT2D eigenvalue weighted by Gasteiger charge is 2.08. The van der Waals surface area contributed by atoms with E-state index in [2.05, 4.69) is 24.5 Å². The van der Waals surface area contributed by atoms with Gasteiger partial charge in [0.15, 0.2) is 6.61 Å². The highest BCUT2D eigenvalue weighted by Crippen LogP contribution is 2.14. The van der Waals surface area contributed by atoms with E-state index in [0.717, 1.165) is 24.4 Å². The first-order chi connectivity index (χ1) is 10.0. The van der Waals surface area contributed by atoms with E-state index in [-0.39, 0.29) is 18.6 Å². The number of hydrogen-bond acceptors (Lipinski definition) is 3. The molecule has 0 saturated carbocycles. The fraction of sp³-hybridized carbons (Fsp3) is 0.588. The summed E-state index contributed by atoms with van der Waals surface area (Å²) < 4.78 is 5.47. The fourth-order valence-electron chi connectivity index (χ4n) is 2.09. The van der Waals surface area contributed by atoms with Gasteiger partial charge in [-0.1, -0.05) is 26.7 Å². The third-order valence-electron chi connectivity index (χ3n) is 3.34. The van der Waals surface area contributed by atoms with Crippen molar-refractivity contribution in [3.05, 3.63) is 24.3 Å². The van der Waals surface area contributed by atoms with E-state index >= 15 is 0 Å². The van der Waals surface area contributed by atoms with Gasteiger partial charge in [-0.3, -0.25) is 4.79 Å². The van der Waals surface area contributed by atoms with Crippen molar-refractivity contribution in [3.63, 3.8) is 0 Å². The summed E-state index contributed by atoms with van der Waals surface area (Å²) in [4.78, 5) is 11.8. The van der Waals surface area contributed by atoms with Crippen LogP contribution in [0.3, 0.4) is 0 Å². The minimum atomic E-state index is -0.0651. The van der Waals surface area contributed by atoms with Gasteiger partial charge in [0.1, 0.15) is 5.75 Å². The number of hydrogen-bond donors (Lipinski definition) is 2. The van der Waals surface area contributed by atoms with Crippen LogP contribution in [0.5, 0.6) is 5.75 Å². The molecule has 4 heteroatoms. The van der Waals surface area contributed by atoms with E-state index in [1.165, 1.54) is 6.42 Å². The number of anilines is 1. The Hall–Kier alpha value is -1.71. The van der Waals surface area contributed by atoms with Crippen LogP contribution in [-0.4, -0.2) is 25.6 Å². The van der Waals surface area contributed by atoms with Gasteiger partial charge in [0.05, 0.1) is 0 Å². The lowest BCUT2D eigenvalue weighted by Crippen LogP contribution is -2.36. The third kappa shape index (κ3) is 7.59. The Morgan fingerprint density at radius 3 is 2.38 bits per heavy atom. The van der Waals surface area contributed by atoms with Crippen LogP contribution < -0.4 is 15.4 Å². The Morgan fingerprint density at radius 1 is 1.14 bits per heavy atom. The van der Waals surface area contributed by atoms with Crippen LogP contribution in [0.15, 0.2) is 24.3 Å². The normalized spacial score (nSPS) is 12.0. The standard InChI is InChI=1S/C17H28N2O2/c1-13(2)6-5-7-14(3)19-17(20)12-21-16-10-8-15(18-4)9-11-16/h8-11,13-14,18H,5-7,12H2,1-4H3,(H,19,20). The molecule has 1 unspecified atom stereocenters. The summed E-state index contributed by atoms with van der Waals surface area (Å²) in [6, 6.07) is 7.74. The predicted molar refractivity (Wildman–Crippen MR) is 87.8 cm³/mol. The minimum Gasteiger partial charge on any atom is -0.484 e. The van der Waals surface area contributed by atoms with Gasteiger partial charge in [-0.25, -0.2) is 0 Å². The second kappa shape index (κ2) is 9.27. The zero-order valence-corrected chi connectivity index (χ0v) is 13.6. The van der Waals surface area contributed by atoms with Gasteiger partial charge in [-0.05, 0) is 43.5 Å². The molecule has 1 aromatic carbocycles. The van der Waals surface area contributed by atoms with Crippen LogP contribution in [0.1, 0.15) is 40.0 Å². The van der Waals surface area contributed by atoms with Crippen LogP contribution >= 0.6 is 0 Å². The molecule has 1 rings (SSSR count). The number of benzene rings is 1. The molecule has 1 atom stereocenters.